The monoisotopic (exact) mass is 1240 g/mol. The first-order valence-corrected chi connectivity index (χ1v) is 36.9. The lowest BCUT2D eigenvalue weighted by Gasteiger charge is -2.21. The third kappa shape index (κ3) is 56.6. The summed E-state index contributed by atoms with van der Waals surface area (Å²) < 4.78 is 68.0. The highest BCUT2D eigenvalue weighted by Crippen LogP contribution is 2.45. The highest BCUT2D eigenvalue weighted by atomic mass is 31.2. The normalized spacial score (nSPS) is 15.0. The van der Waals surface area contributed by atoms with E-state index in [2.05, 4.69) is 48.5 Å². The fraction of sp³-hybridized carbons (Fsp3) is 0.938. The maximum atomic E-state index is 13.0. The van der Waals surface area contributed by atoms with Crippen molar-refractivity contribution < 1.29 is 80.2 Å². The molecule has 0 aliphatic rings. The van der Waals surface area contributed by atoms with Gasteiger partial charge >= 0.3 is 39.5 Å². The van der Waals surface area contributed by atoms with Gasteiger partial charge in [0.25, 0.3) is 0 Å². The second-order valence-corrected chi connectivity index (χ2v) is 27.4. The number of ether oxygens (including phenoxy) is 4. The summed E-state index contributed by atoms with van der Waals surface area (Å²) in [5.74, 6) is 0.160. The quantitative estimate of drug-likeness (QED) is 0.0222. The Morgan fingerprint density at radius 3 is 0.905 bits per heavy atom. The predicted octanol–water partition coefficient (Wildman–Crippen LogP) is 17.9. The number of phosphoric ester groups is 2. The molecule has 19 heteroatoms. The van der Waals surface area contributed by atoms with Crippen molar-refractivity contribution in [1.82, 2.24) is 0 Å². The van der Waals surface area contributed by atoms with Gasteiger partial charge in [-0.2, -0.15) is 0 Å². The molecule has 0 saturated carbocycles. The molecule has 0 fully saturated rings. The predicted molar refractivity (Wildman–Crippen MR) is 335 cm³/mol. The number of hydrogen-bond acceptors (Lipinski definition) is 15. The summed E-state index contributed by atoms with van der Waals surface area (Å²) in [4.78, 5) is 72.2. The molecule has 3 N–H and O–H groups in total. The van der Waals surface area contributed by atoms with Crippen molar-refractivity contribution in [2.75, 3.05) is 39.6 Å². The lowest BCUT2D eigenvalue weighted by Crippen LogP contribution is -2.30. The van der Waals surface area contributed by atoms with Crippen molar-refractivity contribution in [3.8, 4) is 0 Å². The Labute approximate surface area is 511 Å². The number of hydrogen-bond donors (Lipinski definition) is 3. The molecule has 498 valence electrons. The zero-order valence-corrected chi connectivity index (χ0v) is 56.1. The molecule has 0 aromatic heterocycles. The average molecular weight is 1240 g/mol. The van der Waals surface area contributed by atoms with Crippen LogP contribution in [-0.4, -0.2) is 96.7 Å². The van der Waals surface area contributed by atoms with Crippen LogP contribution in [0.4, 0.5) is 0 Å². The Kier molecular flexibility index (Phi) is 55.0. The van der Waals surface area contributed by atoms with Crippen molar-refractivity contribution >= 4 is 39.5 Å². The van der Waals surface area contributed by atoms with Gasteiger partial charge < -0.3 is 33.8 Å². The summed E-state index contributed by atoms with van der Waals surface area (Å²) >= 11 is 0. The van der Waals surface area contributed by atoms with Crippen molar-refractivity contribution in [3.05, 3.63) is 0 Å². The summed E-state index contributed by atoms with van der Waals surface area (Å²) in [6.07, 6.45) is 37.6. The van der Waals surface area contributed by atoms with Crippen molar-refractivity contribution in [1.29, 1.82) is 0 Å². The Balaban J connectivity index is 5.24. The molecular formula is C65H126O17P2. The van der Waals surface area contributed by atoms with Gasteiger partial charge in [0.15, 0.2) is 12.2 Å². The minimum atomic E-state index is -4.95. The molecule has 0 aromatic carbocycles. The highest BCUT2D eigenvalue weighted by Gasteiger charge is 2.30. The number of aliphatic hydroxyl groups excluding tert-OH is 1. The van der Waals surface area contributed by atoms with E-state index in [0.29, 0.717) is 25.7 Å². The largest absolute Gasteiger partial charge is 0.472 e. The molecule has 0 aliphatic heterocycles. The minimum Gasteiger partial charge on any atom is -0.462 e. The Morgan fingerprint density at radius 2 is 0.607 bits per heavy atom. The van der Waals surface area contributed by atoms with Crippen molar-refractivity contribution in [2.45, 2.75) is 336 Å². The Morgan fingerprint density at radius 1 is 0.345 bits per heavy atom. The van der Waals surface area contributed by atoms with Crippen LogP contribution in [0.1, 0.15) is 318 Å². The van der Waals surface area contributed by atoms with E-state index in [9.17, 15) is 43.2 Å². The molecule has 0 saturated heterocycles. The smallest absolute Gasteiger partial charge is 0.462 e. The van der Waals surface area contributed by atoms with Crippen LogP contribution in [0.5, 0.6) is 0 Å². The van der Waals surface area contributed by atoms with Crippen molar-refractivity contribution in [2.24, 2.45) is 17.8 Å². The van der Waals surface area contributed by atoms with Gasteiger partial charge in [0.1, 0.15) is 19.3 Å². The average Bonchev–Trinajstić information content (AvgIpc) is 3.51. The molecule has 17 nitrogen and oxygen atoms in total. The molecule has 0 bridgehead atoms. The van der Waals surface area contributed by atoms with Gasteiger partial charge in [0.05, 0.1) is 26.4 Å². The van der Waals surface area contributed by atoms with Crippen LogP contribution < -0.4 is 0 Å². The molecule has 4 unspecified atom stereocenters. The fourth-order valence-electron chi connectivity index (χ4n) is 9.59. The van der Waals surface area contributed by atoms with E-state index in [4.69, 9.17) is 37.0 Å². The summed E-state index contributed by atoms with van der Waals surface area (Å²) in [5, 5.41) is 10.5. The van der Waals surface area contributed by atoms with Gasteiger partial charge in [-0.3, -0.25) is 37.3 Å². The van der Waals surface area contributed by atoms with Crippen LogP contribution in [0.2, 0.25) is 0 Å². The fourth-order valence-corrected chi connectivity index (χ4v) is 11.2. The van der Waals surface area contributed by atoms with Gasteiger partial charge in [-0.1, -0.05) is 267 Å². The third-order valence-corrected chi connectivity index (χ3v) is 17.5. The summed E-state index contributed by atoms with van der Waals surface area (Å²) in [7, 11) is -9.89. The zero-order valence-electron chi connectivity index (χ0n) is 54.4. The van der Waals surface area contributed by atoms with E-state index >= 15 is 0 Å². The lowest BCUT2D eigenvalue weighted by atomic mass is 9.99. The standard InChI is InChI=1S/C65H126O17P2/c1-8-11-12-13-22-32-39-46-62(67)75-52-60(82-65(70)49-42-35-28-20-18-23-29-36-43-56(4)5)54-79-83(71,72)77-50-59(66)51-78-84(73,74)80-55-61(53-76-63(68)47-40-33-26-21-19-25-31-38-45-58(7)10-3)81-64(69)48-41-34-27-17-15-14-16-24-30-37-44-57(6)9-2/h56-61,66H,8-55H2,1-7H3,(H,71,72)(H,73,74)/t57?,58?,59-,60+,61+/m0/s1. The van der Waals surface area contributed by atoms with E-state index in [1.54, 1.807) is 0 Å². The Hall–Kier alpha value is -1.94. The molecule has 0 aliphatic carbocycles. The lowest BCUT2D eigenvalue weighted by molar-refractivity contribution is -0.161. The van der Waals surface area contributed by atoms with Crippen molar-refractivity contribution in [3.63, 3.8) is 0 Å². The summed E-state index contributed by atoms with van der Waals surface area (Å²) in [5.41, 5.74) is 0. The SMILES string of the molecule is CCCCCCCCCC(=O)OC[C@H](COP(=O)(O)OC[C@H](O)COP(=O)(O)OC[C@@H](COC(=O)CCCCCCCCCCC(C)CC)OC(=O)CCCCCCCCCCCCC(C)CC)OC(=O)CCCCCCCCCCC(C)C. The molecule has 0 heterocycles. The number of esters is 4. The first kappa shape index (κ1) is 82.1. The second kappa shape index (κ2) is 56.3. The number of aliphatic hydroxyl groups is 1. The molecule has 0 radical (unpaired) electrons. The van der Waals surface area contributed by atoms with Crippen LogP contribution in [0, 0.1) is 17.8 Å². The molecule has 84 heavy (non-hydrogen) atoms. The molecule has 7 atom stereocenters. The van der Waals surface area contributed by atoms with Crippen LogP contribution in [-0.2, 0) is 65.4 Å². The van der Waals surface area contributed by atoms with Gasteiger partial charge in [-0.15, -0.1) is 0 Å². The third-order valence-electron chi connectivity index (χ3n) is 15.6. The molecule has 0 amide bonds. The number of phosphoric acid groups is 2. The molecule has 0 rings (SSSR count). The van der Waals surface area contributed by atoms with Gasteiger partial charge in [-0.05, 0) is 43.4 Å². The molecule has 0 spiro atoms. The van der Waals surface area contributed by atoms with Crippen LogP contribution in [0.3, 0.4) is 0 Å². The molecular weight excluding hydrogens is 1110 g/mol. The van der Waals surface area contributed by atoms with Crippen LogP contribution >= 0.6 is 15.6 Å². The number of carbonyl (C=O) groups excluding carboxylic acids is 4. The van der Waals surface area contributed by atoms with E-state index in [0.717, 1.165) is 120 Å². The first-order valence-electron chi connectivity index (χ1n) is 33.9. The van der Waals surface area contributed by atoms with E-state index < -0.39 is 97.5 Å². The number of rotatable bonds is 63. The van der Waals surface area contributed by atoms with Gasteiger partial charge in [0.2, 0.25) is 0 Å². The highest BCUT2D eigenvalue weighted by molar-refractivity contribution is 7.47. The minimum absolute atomic E-state index is 0.104. The zero-order chi connectivity index (χ0) is 62.4. The van der Waals surface area contributed by atoms with Gasteiger partial charge in [-0.25, -0.2) is 9.13 Å². The van der Waals surface area contributed by atoms with E-state index in [-0.39, 0.29) is 25.7 Å². The van der Waals surface area contributed by atoms with Crippen LogP contribution in [0.15, 0.2) is 0 Å². The van der Waals surface area contributed by atoms with E-state index in [1.807, 2.05) is 0 Å². The first-order chi connectivity index (χ1) is 40.3. The maximum Gasteiger partial charge on any atom is 0.472 e. The maximum absolute atomic E-state index is 13.0. The Bertz CT molecular complexity index is 1670. The topological polar surface area (TPSA) is 237 Å². The molecule has 0 aromatic rings. The van der Waals surface area contributed by atoms with Crippen LogP contribution in [0.25, 0.3) is 0 Å². The second-order valence-electron chi connectivity index (χ2n) is 24.5. The van der Waals surface area contributed by atoms with Gasteiger partial charge in [0, 0.05) is 25.7 Å². The van der Waals surface area contributed by atoms with E-state index in [1.165, 1.54) is 116 Å². The number of carbonyl (C=O) groups is 4. The number of unbranched alkanes of at least 4 members (excludes halogenated alkanes) is 29. The summed E-state index contributed by atoms with van der Waals surface area (Å²) in [6, 6.07) is 0. The summed E-state index contributed by atoms with van der Waals surface area (Å²) in [6.45, 7) is 11.7.